The van der Waals surface area contributed by atoms with Gasteiger partial charge in [0.25, 0.3) is 0 Å². The Hall–Kier alpha value is -3.53. The van der Waals surface area contributed by atoms with Crippen LogP contribution in [0.2, 0.25) is 0 Å². The molecule has 3 heterocycles. The van der Waals surface area contributed by atoms with Gasteiger partial charge in [-0.25, -0.2) is 17.8 Å². The average Bonchev–Trinajstić information content (AvgIpc) is 2.79. The van der Waals surface area contributed by atoms with Crippen molar-refractivity contribution in [3.05, 3.63) is 89.0 Å². The second kappa shape index (κ2) is 8.35. The zero-order valence-electron chi connectivity index (χ0n) is 19.0. The average molecular weight is 482 g/mol. The Morgan fingerprint density at radius 1 is 1.12 bits per heavy atom. The second-order valence-electron chi connectivity index (χ2n) is 8.74. The van der Waals surface area contributed by atoms with Gasteiger partial charge in [-0.1, -0.05) is 12.1 Å². The molecule has 0 bridgehead atoms. The van der Waals surface area contributed by atoms with Crippen molar-refractivity contribution in [2.45, 2.75) is 37.5 Å². The van der Waals surface area contributed by atoms with E-state index in [-0.39, 0.29) is 35.0 Å². The lowest BCUT2D eigenvalue weighted by molar-refractivity contribution is 0.0987. The third-order valence-corrected chi connectivity index (χ3v) is 8.75. The van der Waals surface area contributed by atoms with E-state index in [1.807, 2.05) is 0 Å². The lowest BCUT2D eigenvalue weighted by atomic mass is 9.90. The van der Waals surface area contributed by atoms with Gasteiger partial charge in [-0.2, -0.15) is 0 Å². The van der Waals surface area contributed by atoms with Crippen molar-refractivity contribution >= 4 is 21.5 Å². The van der Waals surface area contributed by atoms with Crippen LogP contribution in [0.5, 0.6) is 0 Å². The first-order valence-electron chi connectivity index (χ1n) is 10.6. The highest BCUT2D eigenvalue weighted by atomic mass is 32.2. The number of hydrogen-bond acceptors (Lipinski definition) is 8. The molecular formula is C24H24FN5O3S. The summed E-state index contributed by atoms with van der Waals surface area (Å²) in [6.45, 7) is 4.74. The maximum Gasteiger partial charge on any atom is 0.187 e. The number of aryl methyl sites for hydroxylation is 1. The van der Waals surface area contributed by atoms with E-state index in [9.17, 15) is 17.6 Å². The number of ketones is 1. The number of pyridine rings is 1. The highest BCUT2D eigenvalue weighted by Crippen LogP contribution is 2.42. The molecule has 34 heavy (non-hydrogen) atoms. The summed E-state index contributed by atoms with van der Waals surface area (Å²) in [7, 11) is -3.95. The predicted molar refractivity (Wildman–Crippen MR) is 126 cm³/mol. The fourth-order valence-electron chi connectivity index (χ4n) is 4.06. The highest BCUT2D eigenvalue weighted by Gasteiger charge is 2.54. The smallest absolute Gasteiger partial charge is 0.187 e. The summed E-state index contributed by atoms with van der Waals surface area (Å²) >= 11 is 0. The Balaban J connectivity index is 1.73. The number of benzene rings is 1. The first kappa shape index (κ1) is 23.6. The molecule has 0 fully saturated rings. The topological polar surface area (TPSA) is 128 Å². The summed E-state index contributed by atoms with van der Waals surface area (Å²) in [6.07, 6.45) is 4.31. The number of hydrogen-bond donors (Lipinski definition) is 1. The van der Waals surface area contributed by atoms with E-state index in [0.717, 1.165) is 0 Å². The Kier molecular flexibility index (Phi) is 5.80. The van der Waals surface area contributed by atoms with Gasteiger partial charge in [0.05, 0.1) is 23.3 Å². The van der Waals surface area contributed by atoms with Crippen LogP contribution in [0.1, 0.15) is 46.9 Å². The Morgan fingerprint density at radius 2 is 1.88 bits per heavy atom. The number of halogens is 1. The van der Waals surface area contributed by atoms with Crippen molar-refractivity contribution in [1.29, 1.82) is 0 Å². The summed E-state index contributed by atoms with van der Waals surface area (Å²) in [4.78, 5) is 29.4. The monoisotopic (exact) mass is 481 g/mol. The number of carbonyl (C=O) groups is 1. The van der Waals surface area contributed by atoms with Crippen LogP contribution in [0, 0.1) is 12.7 Å². The van der Waals surface area contributed by atoms with Crippen LogP contribution in [-0.2, 0) is 26.5 Å². The Bertz CT molecular complexity index is 1390. The van der Waals surface area contributed by atoms with Gasteiger partial charge in [0, 0.05) is 24.4 Å². The van der Waals surface area contributed by atoms with E-state index in [0.29, 0.717) is 11.3 Å². The van der Waals surface area contributed by atoms with E-state index in [1.54, 1.807) is 25.1 Å². The number of carbonyl (C=O) groups excluding carboxylic acids is 1. The van der Waals surface area contributed by atoms with Crippen LogP contribution >= 0.6 is 0 Å². The number of Topliss-reactive ketones (excluding diaryl/α,β-unsaturated/α-hetero) is 1. The molecule has 0 saturated heterocycles. The zero-order valence-corrected chi connectivity index (χ0v) is 19.8. The van der Waals surface area contributed by atoms with Gasteiger partial charge in [0.15, 0.2) is 20.4 Å². The van der Waals surface area contributed by atoms with Gasteiger partial charge < -0.3 is 5.73 Å². The number of sulfone groups is 1. The summed E-state index contributed by atoms with van der Waals surface area (Å²) in [6, 6.07) is 9.06. The van der Waals surface area contributed by atoms with E-state index < -0.39 is 31.7 Å². The van der Waals surface area contributed by atoms with E-state index in [1.165, 1.54) is 50.6 Å². The normalized spacial score (nSPS) is 23.8. The minimum absolute atomic E-state index is 0.0439. The third-order valence-electron chi connectivity index (χ3n) is 6.15. The minimum atomic E-state index is -3.95. The number of amidine groups is 1. The largest absolute Gasteiger partial charge is 0.386 e. The summed E-state index contributed by atoms with van der Waals surface area (Å²) in [5, 5.41) is 0. The summed E-state index contributed by atoms with van der Waals surface area (Å²) in [5.74, 6) is -1.58. The van der Waals surface area contributed by atoms with Crippen LogP contribution in [0.3, 0.4) is 0 Å². The van der Waals surface area contributed by atoms with Crippen LogP contribution in [-0.4, -0.2) is 40.7 Å². The van der Waals surface area contributed by atoms with Gasteiger partial charge in [0.1, 0.15) is 22.9 Å². The summed E-state index contributed by atoms with van der Waals surface area (Å²) in [5.41, 5.74) is 6.41. The zero-order chi connectivity index (χ0) is 24.7. The maximum atomic E-state index is 15.0. The van der Waals surface area contributed by atoms with Crippen LogP contribution < -0.4 is 5.73 Å². The SMILES string of the molecule is Cc1cnc(C(=O)Cc2ccc(F)c([C@]3(C)CS(=O)(=O)[C@](C)(c4ccccn4)C(N)=N3)c2)cn1. The molecule has 2 N–H and O–H groups in total. The lowest BCUT2D eigenvalue weighted by Gasteiger charge is -2.39. The fraction of sp³-hybridized carbons (Fsp3) is 0.292. The van der Waals surface area contributed by atoms with E-state index in [4.69, 9.17) is 5.73 Å². The highest BCUT2D eigenvalue weighted by molar-refractivity contribution is 7.93. The van der Waals surface area contributed by atoms with Crippen LogP contribution in [0.25, 0.3) is 0 Å². The van der Waals surface area contributed by atoms with Crippen molar-refractivity contribution in [2.24, 2.45) is 10.7 Å². The van der Waals surface area contributed by atoms with Crippen LogP contribution in [0.4, 0.5) is 4.39 Å². The molecular weight excluding hydrogens is 457 g/mol. The molecule has 8 nitrogen and oxygen atoms in total. The van der Waals surface area contributed by atoms with Gasteiger partial charge >= 0.3 is 0 Å². The van der Waals surface area contributed by atoms with Crippen LogP contribution in [0.15, 0.2) is 60.0 Å². The molecule has 0 radical (unpaired) electrons. The van der Waals surface area contributed by atoms with Crippen molar-refractivity contribution < 1.29 is 17.6 Å². The molecule has 1 aliphatic heterocycles. The summed E-state index contributed by atoms with van der Waals surface area (Å²) < 4.78 is 40.3. The number of aliphatic imine (C=N–C) groups is 1. The van der Waals surface area contributed by atoms with Gasteiger partial charge in [-0.3, -0.25) is 19.8 Å². The first-order valence-corrected chi connectivity index (χ1v) is 12.2. The standard InChI is InChI=1S/C24H24FN5O3S/c1-15-12-29-19(13-28-15)20(31)11-16-7-8-18(25)17(10-16)23(2)14-34(32,33)24(3,22(26)30-23)21-6-4-5-9-27-21/h4-10,12-13H,11,14H2,1-3H3,(H2,26,30)/t23-,24+/m0/s1. The molecule has 4 rings (SSSR count). The molecule has 3 aromatic rings. The van der Waals surface area contributed by atoms with Crippen molar-refractivity contribution in [1.82, 2.24) is 15.0 Å². The van der Waals surface area contributed by atoms with Crippen molar-refractivity contribution in [3.8, 4) is 0 Å². The number of aromatic nitrogens is 3. The number of rotatable bonds is 5. The maximum absolute atomic E-state index is 15.0. The van der Waals surface area contributed by atoms with E-state index >= 15 is 0 Å². The molecule has 0 aliphatic carbocycles. The molecule has 1 aliphatic rings. The van der Waals surface area contributed by atoms with Crippen molar-refractivity contribution in [2.75, 3.05) is 5.75 Å². The quantitative estimate of drug-likeness (QED) is 0.555. The Labute approximate surface area is 197 Å². The third kappa shape index (κ3) is 3.98. The van der Waals surface area contributed by atoms with Crippen molar-refractivity contribution in [3.63, 3.8) is 0 Å². The fourth-order valence-corrected chi connectivity index (χ4v) is 6.11. The van der Waals surface area contributed by atoms with Gasteiger partial charge in [-0.15, -0.1) is 0 Å². The lowest BCUT2D eigenvalue weighted by Crippen LogP contribution is -2.55. The molecule has 1 aromatic carbocycles. The first-order chi connectivity index (χ1) is 16.0. The molecule has 2 aromatic heterocycles. The number of nitrogens with zero attached hydrogens (tertiary/aromatic N) is 4. The second-order valence-corrected chi connectivity index (χ2v) is 11.1. The molecule has 0 spiro atoms. The minimum Gasteiger partial charge on any atom is -0.386 e. The molecule has 10 heteroatoms. The Morgan fingerprint density at radius 3 is 2.50 bits per heavy atom. The van der Waals surface area contributed by atoms with E-state index in [2.05, 4.69) is 19.9 Å². The predicted octanol–water partition coefficient (Wildman–Crippen LogP) is 2.66. The molecule has 176 valence electrons. The van der Waals surface area contributed by atoms with Gasteiger partial charge in [-0.05, 0) is 50.6 Å². The molecule has 0 unspecified atom stereocenters. The number of nitrogens with two attached hydrogens (primary N) is 1. The molecule has 0 saturated carbocycles. The molecule has 2 atom stereocenters. The van der Waals surface area contributed by atoms with Gasteiger partial charge in [0.2, 0.25) is 0 Å². The molecule has 0 amide bonds.